The molecule has 0 aliphatic carbocycles. The molecule has 1 aliphatic rings. The minimum atomic E-state index is -0.489. The third kappa shape index (κ3) is 4.76. The Balaban J connectivity index is 1.26. The normalized spacial score (nSPS) is 12.6. The number of ether oxygens (including phenoxy) is 4. The molecular weight excluding hydrogens is 532 g/mol. The molecule has 1 aliphatic heterocycles. The van der Waals surface area contributed by atoms with Gasteiger partial charge in [-0.2, -0.15) is 0 Å². The van der Waals surface area contributed by atoms with Gasteiger partial charge >= 0.3 is 0 Å². The van der Waals surface area contributed by atoms with E-state index in [0.29, 0.717) is 64.3 Å². The molecule has 1 amide bonds. The lowest BCUT2D eigenvalue weighted by Gasteiger charge is -2.23. The zero-order valence-corrected chi connectivity index (χ0v) is 22.5. The largest absolute Gasteiger partial charge is 0.491 e. The molecule has 5 aromatic rings. The number of hydrogen-bond donors (Lipinski definition) is 1. The van der Waals surface area contributed by atoms with Gasteiger partial charge in [0.05, 0.1) is 44.2 Å². The molecule has 4 aromatic heterocycles. The molecule has 5 heterocycles. The van der Waals surface area contributed by atoms with Crippen LogP contribution in [0.3, 0.4) is 0 Å². The Morgan fingerprint density at radius 2 is 1.95 bits per heavy atom. The average molecular weight is 557 g/mol. The molecule has 0 bridgehead atoms. The van der Waals surface area contributed by atoms with E-state index >= 15 is 0 Å². The summed E-state index contributed by atoms with van der Waals surface area (Å²) in [7, 11) is 3.04. The second-order valence-electron chi connectivity index (χ2n) is 8.87. The number of nitrogens with zero attached hydrogens (tertiary/aromatic N) is 3. The number of aromatic nitrogens is 3. The molecule has 0 unspecified atom stereocenters. The first-order chi connectivity index (χ1) is 19.6. The maximum Gasteiger partial charge on any atom is 0.261 e. The highest BCUT2D eigenvalue weighted by atomic mass is 32.1. The number of anilines is 1. The standard InChI is InChI=1S/C29H24N4O6S/c1-36-23-14-20-26(32-29(23)37-2)22(9-10-30-20)39-18-7-5-17(6-8-18)31-28(35)25-21-16-38-12-11-33(21)15-19(27(25)34)24-4-3-13-40-24/h3-10,13-15H,11-12,16H2,1-2H3,(H,31,35). The topological polar surface area (TPSA) is 114 Å². The maximum atomic E-state index is 13.5. The molecule has 10 nitrogen and oxygen atoms in total. The van der Waals surface area contributed by atoms with Crippen LogP contribution in [0.1, 0.15) is 16.1 Å². The van der Waals surface area contributed by atoms with Crippen LogP contribution in [-0.2, 0) is 17.9 Å². The zero-order valence-electron chi connectivity index (χ0n) is 21.7. The number of fused-ring (bicyclic) bond motifs is 2. The van der Waals surface area contributed by atoms with Gasteiger partial charge in [-0.05, 0) is 35.7 Å². The fourth-order valence-corrected chi connectivity index (χ4v) is 5.28. The van der Waals surface area contributed by atoms with Crippen LogP contribution in [0, 0.1) is 0 Å². The Morgan fingerprint density at radius 3 is 2.70 bits per heavy atom. The molecule has 11 heteroatoms. The van der Waals surface area contributed by atoms with E-state index in [1.54, 1.807) is 42.6 Å². The second-order valence-corrected chi connectivity index (χ2v) is 9.82. The predicted octanol–water partition coefficient (Wildman–Crippen LogP) is 5.11. The minimum Gasteiger partial charge on any atom is -0.491 e. The molecular formula is C29H24N4O6S. The van der Waals surface area contributed by atoms with Gasteiger partial charge in [-0.15, -0.1) is 11.3 Å². The van der Waals surface area contributed by atoms with Crippen molar-refractivity contribution in [1.82, 2.24) is 14.5 Å². The van der Waals surface area contributed by atoms with Crippen LogP contribution in [0.25, 0.3) is 21.5 Å². The number of amides is 1. The Labute approximate surface area is 232 Å². The van der Waals surface area contributed by atoms with E-state index in [0.717, 1.165) is 4.88 Å². The number of pyridine rings is 3. The van der Waals surface area contributed by atoms with Gasteiger partial charge in [0, 0.05) is 41.6 Å². The molecule has 0 fully saturated rings. The first-order valence-electron chi connectivity index (χ1n) is 12.4. The van der Waals surface area contributed by atoms with E-state index in [1.165, 1.54) is 25.6 Å². The van der Waals surface area contributed by atoms with E-state index in [-0.39, 0.29) is 17.6 Å². The van der Waals surface area contributed by atoms with Crippen molar-refractivity contribution in [2.45, 2.75) is 13.2 Å². The van der Waals surface area contributed by atoms with Crippen molar-refractivity contribution >= 4 is 34.0 Å². The summed E-state index contributed by atoms with van der Waals surface area (Å²) in [5.74, 6) is 1.29. The molecule has 1 N–H and O–H groups in total. The number of thiophene rings is 1. The third-order valence-corrected chi connectivity index (χ3v) is 7.38. The number of hydrogen-bond acceptors (Lipinski definition) is 9. The van der Waals surface area contributed by atoms with Crippen molar-refractivity contribution in [2.75, 3.05) is 26.1 Å². The van der Waals surface area contributed by atoms with E-state index < -0.39 is 5.91 Å². The predicted molar refractivity (Wildman–Crippen MR) is 151 cm³/mol. The molecule has 0 radical (unpaired) electrons. The Hall–Kier alpha value is -4.74. The van der Waals surface area contributed by atoms with Crippen LogP contribution in [0.15, 0.2) is 71.1 Å². The van der Waals surface area contributed by atoms with Crippen molar-refractivity contribution in [1.29, 1.82) is 0 Å². The highest BCUT2D eigenvalue weighted by molar-refractivity contribution is 7.13. The molecule has 1 aromatic carbocycles. The second kappa shape index (κ2) is 10.8. The number of benzene rings is 1. The molecule has 0 saturated heterocycles. The molecule has 0 saturated carbocycles. The highest BCUT2D eigenvalue weighted by Crippen LogP contribution is 2.34. The molecule has 40 heavy (non-hydrogen) atoms. The molecule has 0 atom stereocenters. The Morgan fingerprint density at radius 1 is 1.10 bits per heavy atom. The summed E-state index contributed by atoms with van der Waals surface area (Å²) in [6.45, 7) is 1.28. The van der Waals surface area contributed by atoms with Gasteiger partial charge in [0.2, 0.25) is 5.43 Å². The average Bonchev–Trinajstić information content (AvgIpc) is 3.52. The van der Waals surface area contributed by atoms with Gasteiger partial charge in [0.15, 0.2) is 11.5 Å². The quantitative estimate of drug-likeness (QED) is 0.294. The summed E-state index contributed by atoms with van der Waals surface area (Å²) in [5.41, 5.74) is 2.45. The minimum absolute atomic E-state index is 0.0876. The van der Waals surface area contributed by atoms with Crippen molar-refractivity contribution in [2.24, 2.45) is 0 Å². The first kappa shape index (κ1) is 25.5. The summed E-state index contributed by atoms with van der Waals surface area (Å²) in [6.07, 6.45) is 3.44. The van der Waals surface area contributed by atoms with Crippen molar-refractivity contribution in [3.8, 4) is 33.6 Å². The number of carbonyl (C=O) groups excluding carboxylic acids is 1. The maximum absolute atomic E-state index is 13.5. The summed E-state index contributed by atoms with van der Waals surface area (Å²) in [4.78, 5) is 36.5. The number of methoxy groups -OCH3 is 2. The molecule has 0 spiro atoms. The summed E-state index contributed by atoms with van der Waals surface area (Å²) >= 11 is 1.46. The lowest BCUT2D eigenvalue weighted by atomic mass is 10.1. The van der Waals surface area contributed by atoms with Crippen LogP contribution < -0.4 is 25.0 Å². The number of rotatable bonds is 7. The summed E-state index contributed by atoms with van der Waals surface area (Å²) < 4.78 is 24.2. The number of nitrogens with one attached hydrogen (secondary N) is 1. The van der Waals surface area contributed by atoms with E-state index in [9.17, 15) is 9.59 Å². The van der Waals surface area contributed by atoms with Gasteiger partial charge in [0.1, 0.15) is 16.8 Å². The third-order valence-electron chi connectivity index (χ3n) is 6.48. The van der Waals surface area contributed by atoms with Crippen LogP contribution in [0.5, 0.6) is 23.1 Å². The van der Waals surface area contributed by atoms with E-state index in [2.05, 4.69) is 15.3 Å². The van der Waals surface area contributed by atoms with Gasteiger partial charge in [-0.3, -0.25) is 14.6 Å². The monoisotopic (exact) mass is 556 g/mol. The fourth-order valence-electron chi connectivity index (χ4n) is 4.54. The van der Waals surface area contributed by atoms with Crippen LogP contribution >= 0.6 is 11.3 Å². The summed E-state index contributed by atoms with van der Waals surface area (Å²) in [5, 5.41) is 4.76. The van der Waals surface area contributed by atoms with E-state index in [1.807, 2.05) is 28.3 Å². The van der Waals surface area contributed by atoms with Crippen LogP contribution in [0.2, 0.25) is 0 Å². The Kier molecular flexibility index (Phi) is 6.89. The van der Waals surface area contributed by atoms with Crippen LogP contribution in [-0.4, -0.2) is 41.3 Å². The highest BCUT2D eigenvalue weighted by Gasteiger charge is 2.25. The Bertz CT molecular complexity index is 1770. The lowest BCUT2D eigenvalue weighted by molar-refractivity contribution is 0.0809. The smallest absolute Gasteiger partial charge is 0.261 e. The van der Waals surface area contributed by atoms with Crippen molar-refractivity contribution in [3.63, 3.8) is 0 Å². The SMILES string of the molecule is COc1cc2nccc(Oc3ccc(NC(=O)c4c5n(cc(-c6cccs6)c4=O)CCOC5)cc3)c2nc1OC. The van der Waals surface area contributed by atoms with Crippen molar-refractivity contribution in [3.05, 3.63) is 87.8 Å². The van der Waals surface area contributed by atoms with Gasteiger partial charge in [0.25, 0.3) is 11.8 Å². The zero-order chi connectivity index (χ0) is 27.6. The number of carbonyl (C=O) groups is 1. The van der Waals surface area contributed by atoms with Gasteiger partial charge in [-0.25, -0.2) is 4.98 Å². The first-order valence-corrected chi connectivity index (χ1v) is 13.3. The summed E-state index contributed by atoms with van der Waals surface area (Å²) in [6, 6.07) is 14.0. The van der Waals surface area contributed by atoms with E-state index in [4.69, 9.17) is 18.9 Å². The van der Waals surface area contributed by atoms with Crippen molar-refractivity contribution < 1.29 is 23.7 Å². The molecule has 202 valence electrons. The van der Waals surface area contributed by atoms with Gasteiger partial charge < -0.3 is 28.8 Å². The van der Waals surface area contributed by atoms with Gasteiger partial charge in [-0.1, -0.05) is 6.07 Å². The van der Waals surface area contributed by atoms with Crippen LogP contribution in [0.4, 0.5) is 5.69 Å². The molecule has 6 rings (SSSR count). The lowest BCUT2D eigenvalue weighted by Crippen LogP contribution is -2.31. The fraction of sp³-hybridized carbons (Fsp3) is 0.172.